The number of nitrogens with one attached hydrogen (secondary N) is 2. The van der Waals surface area contributed by atoms with E-state index in [0.29, 0.717) is 0 Å². The first-order chi connectivity index (χ1) is 9.74. The summed E-state index contributed by atoms with van der Waals surface area (Å²) in [6.07, 6.45) is 1.88. The molecule has 1 unspecified atom stereocenters. The minimum Gasteiger partial charge on any atom is -0.314 e. The van der Waals surface area contributed by atoms with Crippen LogP contribution in [0.5, 0.6) is 0 Å². The first-order valence-electron chi connectivity index (χ1n) is 6.93. The van der Waals surface area contributed by atoms with E-state index in [-0.39, 0.29) is 11.9 Å². The van der Waals surface area contributed by atoms with Gasteiger partial charge in [0.25, 0.3) is 0 Å². The number of rotatable bonds is 3. The fraction of sp³-hybridized carbons (Fsp3) is 0.400. The van der Waals surface area contributed by atoms with Crippen LogP contribution < -0.4 is 5.32 Å². The predicted molar refractivity (Wildman–Crippen MR) is 75.7 cm³/mol. The molecule has 0 bridgehead atoms. The lowest BCUT2D eigenvalue weighted by molar-refractivity contribution is 0.153. The van der Waals surface area contributed by atoms with Gasteiger partial charge in [0.2, 0.25) is 0 Å². The molecule has 1 aromatic heterocycles. The fourth-order valence-corrected chi connectivity index (χ4v) is 2.73. The Bertz CT molecular complexity index is 581. The third kappa shape index (κ3) is 2.73. The van der Waals surface area contributed by atoms with Gasteiger partial charge in [0.1, 0.15) is 5.82 Å². The van der Waals surface area contributed by atoms with Crippen LogP contribution in [0.25, 0.3) is 0 Å². The number of nitrogens with zero attached hydrogens (tertiary/aromatic N) is 2. The van der Waals surface area contributed by atoms with Gasteiger partial charge in [-0.05, 0) is 24.6 Å². The van der Waals surface area contributed by atoms with E-state index in [0.717, 1.165) is 37.4 Å². The highest BCUT2D eigenvalue weighted by molar-refractivity contribution is 5.22. The van der Waals surface area contributed by atoms with Gasteiger partial charge in [0.05, 0.1) is 6.20 Å². The number of H-pyrrole nitrogens is 1. The molecule has 1 fully saturated rings. The molecule has 3 rings (SSSR count). The summed E-state index contributed by atoms with van der Waals surface area (Å²) in [5, 5.41) is 10.4. The minimum absolute atomic E-state index is 0.174. The third-order valence-corrected chi connectivity index (χ3v) is 3.90. The first-order valence-corrected chi connectivity index (χ1v) is 6.93. The van der Waals surface area contributed by atoms with Crippen molar-refractivity contribution in [3.63, 3.8) is 0 Å². The van der Waals surface area contributed by atoms with Gasteiger partial charge >= 0.3 is 0 Å². The summed E-state index contributed by atoms with van der Waals surface area (Å²) >= 11 is 0. The van der Waals surface area contributed by atoms with Crippen molar-refractivity contribution in [1.29, 1.82) is 0 Å². The molecule has 2 N–H and O–H groups in total. The molecule has 1 aliphatic heterocycles. The highest BCUT2D eigenvalue weighted by Gasteiger charge is 2.24. The van der Waals surface area contributed by atoms with Crippen LogP contribution in [0.3, 0.4) is 0 Å². The van der Waals surface area contributed by atoms with Crippen LogP contribution in [-0.2, 0) is 6.54 Å². The fourth-order valence-electron chi connectivity index (χ4n) is 2.73. The molecule has 0 radical (unpaired) electrons. The number of halogens is 1. The molecule has 0 saturated carbocycles. The van der Waals surface area contributed by atoms with Crippen LogP contribution >= 0.6 is 0 Å². The van der Waals surface area contributed by atoms with Crippen molar-refractivity contribution < 1.29 is 4.39 Å². The molecule has 5 heteroatoms. The topological polar surface area (TPSA) is 44.0 Å². The van der Waals surface area contributed by atoms with Crippen LogP contribution in [-0.4, -0.2) is 34.7 Å². The molecule has 1 saturated heterocycles. The zero-order valence-corrected chi connectivity index (χ0v) is 11.6. The molecule has 0 spiro atoms. The quantitative estimate of drug-likeness (QED) is 0.900. The average Bonchev–Trinajstić information content (AvgIpc) is 2.85. The molecule has 0 aliphatic carbocycles. The number of aromatic amines is 1. The second-order valence-corrected chi connectivity index (χ2v) is 5.27. The van der Waals surface area contributed by atoms with Crippen LogP contribution in [0, 0.1) is 12.7 Å². The van der Waals surface area contributed by atoms with Crippen LogP contribution in [0.2, 0.25) is 0 Å². The average molecular weight is 274 g/mol. The van der Waals surface area contributed by atoms with Crippen LogP contribution in [0.1, 0.15) is 22.9 Å². The molecule has 4 nitrogen and oxygen atoms in total. The van der Waals surface area contributed by atoms with Gasteiger partial charge in [0.15, 0.2) is 0 Å². The number of aryl methyl sites for hydroxylation is 1. The highest BCUT2D eigenvalue weighted by atomic mass is 19.1. The van der Waals surface area contributed by atoms with Crippen molar-refractivity contribution in [2.24, 2.45) is 0 Å². The van der Waals surface area contributed by atoms with Gasteiger partial charge in [-0.3, -0.25) is 10.00 Å². The molecule has 2 aromatic rings. The van der Waals surface area contributed by atoms with Crippen LogP contribution in [0.4, 0.5) is 4.39 Å². The maximum absolute atomic E-state index is 13.4. The molecule has 1 atom stereocenters. The second-order valence-electron chi connectivity index (χ2n) is 5.27. The van der Waals surface area contributed by atoms with Gasteiger partial charge in [-0.15, -0.1) is 0 Å². The van der Waals surface area contributed by atoms with E-state index in [1.165, 1.54) is 11.6 Å². The monoisotopic (exact) mass is 274 g/mol. The van der Waals surface area contributed by atoms with Crippen molar-refractivity contribution in [2.45, 2.75) is 19.5 Å². The van der Waals surface area contributed by atoms with E-state index in [4.69, 9.17) is 0 Å². The predicted octanol–water partition coefficient (Wildman–Crippen LogP) is 2.00. The number of hydrogen-bond donors (Lipinski definition) is 2. The van der Waals surface area contributed by atoms with E-state index in [9.17, 15) is 4.39 Å². The Kier molecular flexibility index (Phi) is 3.80. The van der Waals surface area contributed by atoms with Crippen LogP contribution in [0.15, 0.2) is 30.5 Å². The Morgan fingerprint density at radius 2 is 2.35 bits per heavy atom. The lowest BCUT2D eigenvalue weighted by atomic mass is 10.0. The summed E-state index contributed by atoms with van der Waals surface area (Å²) in [6, 6.07) is 7.10. The molecule has 2 heterocycles. The molecule has 1 aliphatic rings. The van der Waals surface area contributed by atoms with Gasteiger partial charge in [0, 0.05) is 43.5 Å². The number of piperazine rings is 1. The largest absolute Gasteiger partial charge is 0.314 e. The summed E-state index contributed by atoms with van der Waals surface area (Å²) < 4.78 is 13.4. The Hall–Kier alpha value is -1.72. The Balaban J connectivity index is 1.82. The van der Waals surface area contributed by atoms with E-state index in [1.807, 2.05) is 19.2 Å². The van der Waals surface area contributed by atoms with Crippen molar-refractivity contribution in [1.82, 2.24) is 20.4 Å². The lowest BCUT2D eigenvalue weighted by Crippen LogP contribution is -2.45. The van der Waals surface area contributed by atoms with Crippen molar-refractivity contribution >= 4 is 0 Å². The molecule has 1 aromatic carbocycles. The summed E-state index contributed by atoms with van der Waals surface area (Å²) in [4.78, 5) is 2.38. The SMILES string of the molecule is Cc1[nH]ncc1CN1CCNCC1c1cccc(F)c1. The summed E-state index contributed by atoms with van der Waals surface area (Å²) in [6.45, 7) is 5.63. The van der Waals surface area contributed by atoms with Gasteiger partial charge in [-0.25, -0.2) is 4.39 Å². The standard InChI is InChI=1S/C15H19FN4/c1-11-13(8-18-19-11)10-20-6-5-17-9-15(20)12-3-2-4-14(16)7-12/h2-4,7-8,15,17H,5-6,9-10H2,1H3,(H,18,19). The van der Waals surface area contributed by atoms with Crippen molar-refractivity contribution in [3.8, 4) is 0 Å². The van der Waals surface area contributed by atoms with E-state index >= 15 is 0 Å². The number of benzene rings is 1. The Morgan fingerprint density at radius 1 is 1.45 bits per heavy atom. The zero-order valence-electron chi connectivity index (χ0n) is 11.6. The maximum Gasteiger partial charge on any atom is 0.123 e. The van der Waals surface area contributed by atoms with E-state index in [2.05, 4.69) is 20.4 Å². The second kappa shape index (κ2) is 5.73. The van der Waals surface area contributed by atoms with E-state index < -0.39 is 0 Å². The maximum atomic E-state index is 13.4. The molecule has 20 heavy (non-hydrogen) atoms. The normalized spacial score (nSPS) is 20.2. The number of aromatic nitrogens is 2. The smallest absolute Gasteiger partial charge is 0.123 e. The first kappa shape index (κ1) is 13.3. The van der Waals surface area contributed by atoms with E-state index in [1.54, 1.807) is 12.1 Å². The van der Waals surface area contributed by atoms with Crippen molar-refractivity contribution in [2.75, 3.05) is 19.6 Å². The molecular weight excluding hydrogens is 255 g/mol. The Labute approximate surface area is 118 Å². The zero-order chi connectivity index (χ0) is 13.9. The molecule has 106 valence electrons. The minimum atomic E-state index is -0.174. The highest BCUT2D eigenvalue weighted by Crippen LogP contribution is 2.25. The molecular formula is C15H19FN4. The van der Waals surface area contributed by atoms with Crippen molar-refractivity contribution in [3.05, 3.63) is 53.1 Å². The third-order valence-electron chi connectivity index (χ3n) is 3.90. The number of hydrogen-bond acceptors (Lipinski definition) is 3. The Morgan fingerprint density at radius 3 is 3.10 bits per heavy atom. The summed E-state index contributed by atoms with van der Waals surface area (Å²) in [5.41, 5.74) is 3.33. The lowest BCUT2D eigenvalue weighted by Gasteiger charge is -2.36. The van der Waals surface area contributed by atoms with Gasteiger partial charge in [-0.1, -0.05) is 12.1 Å². The molecule has 0 amide bonds. The van der Waals surface area contributed by atoms with Gasteiger partial charge in [-0.2, -0.15) is 5.10 Å². The summed E-state index contributed by atoms with van der Waals surface area (Å²) in [7, 11) is 0. The van der Waals surface area contributed by atoms with Gasteiger partial charge < -0.3 is 5.32 Å². The summed E-state index contributed by atoms with van der Waals surface area (Å²) in [5.74, 6) is -0.174.